The number of likely N-dealkylation sites (tertiary alicyclic amines) is 1. The molecule has 1 fully saturated rings. The number of amides is 1. The summed E-state index contributed by atoms with van der Waals surface area (Å²) in [4.78, 5) is 29.8. The highest BCUT2D eigenvalue weighted by atomic mass is 16.5. The highest BCUT2D eigenvalue weighted by molar-refractivity contribution is 6.46. The van der Waals surface area contributed by atoms with E-state index in [4.69, 9.17) is 9.47 Å². The molecule has 1 N–H and O–H groups in total. The van der Waals surface area contributed by atoms with Crippen molar-refractivity contribution < 1.29 is 24.2 Å². The Balaban J connectivity index is 2.10. The fraction of sp³-hybridized carbons (Fsp3) is 0.407. The Morgan fingerprint density at radius 1 is 1.09 bits per heavy atom. The molecule has 34 heavy (non-hydrogen) atoms. The normalized spacial score (nSPS) is 17.5. The van der Waals surface area contributed by atoms with Crippen LogP contribution in [0.3, 0.4) is 0 Å². The van der Waals surface area contributed by atoms with Crippen molar-refractivity contribution in [1.29, 1.82) is 0 Å². The van der Waals surface area contributed by atoms with E-state index in [1.54, 1.807) is 36.3 Å². The van der Waals surface area contributed by atoms with E-state index >= 15 is 0 Å². The van der Waals surface area contributed by atoms with Gasteiger partial charge in [0.15, 0.2) is 11.5 Å². The lowest BCUT2D eigenvalue weighted by Gasteiger charge is -2.26. The molecule has 7 heteroatoms. The molecule has 0 spiro atoms. The average Bonchev–Trinajstić information content (AvgIpc) is 3.07. The van der Waals surface area contributed by atoms with E-state index in [2.05, 4.69) is 0 Å². The highest BCUT2D eigenvalue weighted by Crippen LogP contribution is 2.42. The second kappa shape index (κ2) is 11.2. The van der Waals surface area contributed by atoms with Crippen molar-refractivity contribution in [3.05, 3.63) is 64.7 Å². The minimum atomic E-state index is -0.724. The van der Waals surface area contributed by atoms with E-state index in [9.17, 15) is 14.7 Å². The molecule has 1 aliphatic heterocycles. The fourth-order valence-electron chi connectivity index (χ4n) is 4.07. The third-order valence-electron chi connectivity index (χ3n) is 5.83. The fourth-order valence-corrected chi connectivity index (χ4v) is 4.07. The zero-order valence-electron chi connectivity index (χ0n) is 20.6. The first-order valence-corrected chi connectivity index (χ1v) is 11.6. The quantitative estimate of drug-likeness (QED) is 0.322. The molecule has 1 amide bonds. The van der Waals surface area contributed by atoms with Crippen LogP contribution in [0.5, 0.6) is 11.5 Å². The summed E-state index contributed by atoms with van der Waals surface area (Å²) in [6.45, 7) is 5.66. The lowest BCUT2D eigenvalue weighted by molar-refractivity contribution is -0.139. The van der Waals surface area contributed by atoms with Crippen molar-refractivity contribution in [2.75, 3.05) is 40.9 Å². The number of aryl methyl sites for hydroxylation is 1. The monoisotopic (exact) mass is 466 g/mol. The topological polar surface area (TPSA) is 79.3 Å². The van der Waals surface area contributed by atoms with Crippen molar-refractivity contribution in [2.24, 2.45) is 0 Å². The number of aliphatic hydroxyl groups is 1. The van der Waals surface area contributed by atoms with Crippen LogP contribution in [0.4, 0.5) is 0 Å². The van der Waals surface area contributed by atoms with Gasteiger partial charge in [-0.05, 0) is 58.1 Å². The summed E-state index contributed by atoms with van der Waals surface area (Å²) in [6.07, 6.45) is 1.55. The first-order valence-electron chi connectivity index (χ1n) is 11.6. The number of carbonyl (C=O) groups is 2. The van der Waals surface area contributed by atoms with E-state index < -0.39 is 17.7 Å². The van der Waals surface area contributed by atoms with Crippen molar-refractivity contribution in [3.63, 3.8) is 0 Å². The molecule has 1 atom stereocenters. The highest BCUT2D eigenvalue weighted by Gasteiger charge is 2.46. The minimum Gasteiger partial charge on any atom is -0.507 e. The van der Waals surface area contributed by atoms with Crippen LogP contribution >= 0.6 is 0 Å². The molecule has 0 aromatic heterocycles. The summed E-state index contributed by atoms with van der Waals surface area (Å²) < 4.78 is 11.3. The van der Waals surface area contributed by atoms with Gasteiger partial charge in [0.05, 0.1) is 25.3 Å². The SMILES string of the molecule is CCCOc1ccc(C2/C(=C(\O)c3ccc(C)cc3)C(=O)C(=O)N2CCCN(C)C)cc1OC. The van der Waals surface area contributed by atoms with Gasteiger partial charge in [0.1, 0.15) is 5.76 Å². The Kier molecular flexibility index (Phi) is 8.34. The number of methoxy groups -OCH3 is 1. The summed E-state index contributed by atoms with van der Waals surface area (Å²) >= 11 is 0. The number of ether oxygens (including phenoxy) is 2. The van der Waals surface area contributed by atoms with E-state index in [1.165, 1.54) is 0 Å². The molecule has 7 nitrogen and oxygen atoms in total. The molecule has 2 aromatic carbocycles. The number of benzene rings is 2. The van der Waals surface area contributed by atoms with Crippen LogP contribution in [-0.2, 0) is 9.59 Å². The molecule has 1 saturated heterocycles. The molecule has 182 valence electrons. The zero-order chi connectivity index (χ0) is 24.8. The molecule has 0 saturated carbocycles. The van der Waals surface area contributed by atoms with Crippen LogP contribution in [0, 0.1) is 6.92 Å². The maximum absolute atomic E-state index is 13.2. The van der Waals surface area contributed by atoms with Crippen LogP contribution in [0.25, 0.3) is 5.76 Å². The number of nitrogens with zero attached hydrogens (tertiary/aromatic N) is 2. The predicted octanol–water partition coefficient (Wildman–Crippen LogP) is 4.17. The van der Waals surface area contributed by atoms with Gasteiger partial charge in [-0.2, -0.15) is 0 Å². The number of aliphatic hydroxyl groups excluding tert-OH is 1. The Hall–Kier alpha value is -3.32. The lowest BCUT2D eigenvalue weighted by Crippen LogP contribution is -2.32. The summed E-state index contributed by atoms with van der Waals surface area (Å²) in [5.74, 6) is -0.360. The summed E-state index contributed by atoms with van der Waals surface area (Å²) in [6, 6.07) is 11.9. The molecule has 1 heterocycles. The number of Topliss-reactive ketones (excluding diaryl/α,β-unsaturated/α-hetero) is 1. The molecule has 0 bridgehead atoms. The lowest BCUT2D eigenvalue weighted by atomic mass is 9.94. The molecule has 1 aliphatic rings. The number of rotatable bonds is 10. The third-order valence-corrected chi connectivity index (χ3v) is 5.83. The van der Waals surface area contributed by atoms with Crippen molar-refractivity contribution in [3.8, 4) is 11.5 Å². The molecule has 2 aromatic rings. The number of hydrogen-bond donors (Lipinski definition) is 1. The molecule has 0 aliphatic carbocycles. The van der Waals surface area contributed by atoms with Crippen molar-refractivity contribution in [2.45, 2.75) is 32.7 Å². The van der Waals surface area contributed by atoms with Gasteiger partial charge in [-0.15, -0.1) is 0 Å². The average molecular weight is 467 g/mol. The van der Waals surface area contributed by atoms with Gasteiger partial charge in [0.25, 0.3) is 11.7 Å². The van der Waals surface area contributed by atoms with E-state index in [0.717, 1.165) is 18.5 Å². The molecule has 3 rings (SSSR count). The second-order valence-corrected chi connectivity index (χ2v) is 8.77. The van der Waals surface area contributed by atoms with Gasteiger partial charge in [-0.1, -0.05) is 42.8 Å². The van der Waals surface area contributed by atoms with Crippen LogP contribution < -0.4 is 9.47 Å². The second-order valence-electron chi connectivity index (χ2n) is 8.77. The molecular formula is C27H34N2O5. The van der Waals surface area contributed by atoms with E-state index in [0.29, 0.717) is 42.2 Å². The van der Waals surface area contributed by atoms with Gasteiger partial charge in [-0.3, -0.25) is 9.59 Å². The largest absolute Gasteiger partial charge is 0.507 e. The first-order chi connectivity index (χ1) is 16.3. The Morgan fingerprint density at radius 3 is 2.41 bits per heavy atom. The Morgan fingerprint density at radius 2 is 1.79 bits per heavy atom. The number of ketones is 1. The number of hydrogen-bond acceptors (Lipinski definition) is 6. The Labute approximate surface area is 201 Å². The zero-order valence-corrected chi connectivity index (χ0v) is 20.6. The van der Waals surface area contributed by atoms with Gasteiger partial charge >= 0.3 is 0 Å². The van der Waals surface area contributed by atoms with Crippen LogP contribution in [0.1, 0.15) is 42.5 Å². The summed E-state index contributed by atoms with van der Waals surface area (Å²) in [5, 5.41) is 11.2. The molecule has 0 radical (unpaired) electrons. The maximum Gasteiger partial charge on any atom is 0.295 e. The van der Waals surface area contributed by atoms with Crippen LogP contribution in [0.15, 0.2) is 48.0 Å². The van der Waals surface area contributed by atoms with Gasteiger partial charge < -0.3 is 24.4 Å². The maximum atomic E-state index is 13.2. The van der Waals surface area contributed by atoms with Gasteiger partial charge in [-0.25, -0.2) is 0 Å². The van der Waals surface area contributed by atoms with E-state index in [1.807, 2.05) is 51.0 Å². The summed E-state index contributed by atoms with van der Waals surface area (Å²) in [5.41, 5.74) is 2.29. The van der Waals surface area contributed by atoms with Gasteiger partial charge in [0, 0.05) is 12.1 Å². The predicted molar refractivity (Wildman–Crippen MR) is 132 cm³/mol. The first kappa shape index (κ1) is 25.3. The van der Waals surface area contributed by atoms with Crippen molar-refractivity contribution >= 4 is 17.4 Å². The Bertz CT molecular complexity index is 1060. The van der Waals surface area contributed by atoms with Crippen LogP contribution in [0.2, 0.25) is 0 Å². The third kappa shape index (κ3) is 5.42. The van der Waals surface area contributed by atoms with Gasteiger partial charge in [0.2, 0.25) is 0 Å². The summed E-state index contributed by atoms with van der Waals surface area (Å²) in [7, 11) is 5.48. The van der Waals surface area contributed by atoms with Crippen LogP contribution in [-0.4, -0.2) is 67.5 Å². The molecular weight excluding hydrogens is 432 g/mol. The standard InChI is InChI=1S/C27H34N2O5/c1-6-16-34-21-13-12-20(17-22(21)33-5)24-23(25(30)19-10-8-18(2)9-11-19)26(31)27(32)29(24)15-7-14-28(3)4/h8-13,17,24,30H,6-7,14-16H2,1-5H3/b25-23+. The minimum absolute atomic E-state index is 0.0861. The number of carbonyl (C=O) groups excluding carboxylic acids is 2. The van der Waals surface area contributed by atoms with Crippen molar-refractivity contribution in [1.82, 2.24) is 9.80 Å². The molecule has 1 unspecified atom stereocenters. The smallest absolute Gasteiger partial charge is 0.295 e. The van der Waals surface area contributed by atoms with E-state index in [-0.39, 0.29) is 11.3 Å².